The number of ether oxygens (including phenoxy) is 1. The van der Waals surface area contributed by atoms with E-state index < -0.39 is 0 Å². The van der Waals surface area contributed by atoms with Gasteiger partial charge in [0.15, 0.2) is 6.61 Å². The van der Waals surface area contributed by atoms with Crippen LogP contribution in [0, 0.1) is 0 Å². The Bertz CT molecular complexity index is 541. The summed E-state index contributed by atoms with van der Waals surface area (Å²) in [5, 5.41) is 9.14. The molecule has 4 N–H and O–H groups in total. The van der Waals surface area contributed by atoms with Gasteiger partial charge in [0.25, 0.3) is 5.91 Å². The van der Waals surface area contributed by atoms with Crippen LogP contribution < -0.4 is 15.8 Å². The van der Waals surface area contributed by atoms with Crippen molar-refractivity contribution in [2.75, 3.05) is 12.3 Å². The van der Waals surface area contributed by atoms with Crippen LogP contribution in [0.25, 0.3) is 0 Å². The van der Waals surface area contributed by atoms with Crippen LogP contribution in [-0.4, -0.2) is 27.7 Å². The number of aromatic amines is 1. The standard InChI is InChI=1S/C12H15N5O2/c1-8(12-14-7-15-17-12)16-11(18)6-19-10-5-3-2-4-9(10)13/h2-5,7-8H,6,13H2,1H3,(H,16,18)(H,14,15,17). The summed E-state index contributed by atoms with van der Waals surface area (Å²) < 4.78 is 5.33. The SMILES string of the molecule is CC(NC(=O)COc1ccccc1N)c1ncn[nH]1. The highest BCUT2D eigenvalue weighted by Gasteiger charge is 2.12. The Morgan fingerprint density at radius 3 is 3.00 bits per heavy atom. The Hall–Kier alpha value is -2.57. The summed E-state index contributed by atoms with van der Waals surface area (Å²) in [5.41, 5.74) is 6.20. The molecule has 0 saturated carbocycles. The minimum absolute atomic E-state index is 0.104. The number of benzene rings is 1. The van der Waals surface area contributed by atoms with Crippen LogP contribution in [0.1, 0.15) is 18.8 Å². The topological polar surface area (TPSA) is 106 Å². The van der Waals surface area contributed by atoms with E-state index in [1.165, 1.54) is 6.33 Å². The molecule has 100 valence electrons. The van der Waals surface area contributed by atoms with Gasteiger partial charge in [0.2, 0.25) is 0 Å². The highest BCUT2D eigenvalue weighted by Crippen LogP contribution is 2.19. The number of carbonyl (C=O) groups excluding carboxylic acids is 1. The van der Waals surface area contributed by atoms with Gasteiger partial charge in [0.05, 0.1) is 11.7 Å². The van der Waals surface area contributed by atoms with Gasteiger partial charge in [-0.25, -0.2) is 4.98 Å². The van der Waals surface area contributed by atoms with Gasteiger partial charge >= 0.3 is 0 Å². The fraction of sp³-hybridized carbons (Fsp3) is 0.250. The second-order valence-electron chi connectivity index (χ2n) is 3.99. The normalized spacial score (nSPS) is 11.8. The maximum atomic E-state index is 11.7. The molecule has 1 atom stereocenters. The first-order valence-electron chi connectivity index (χ1n) is 5.78. The molecule has 1 unspecified atom stereocenters. The molecule has 0 aliphatic heterocycles. The van der Waals surface area contributed by atoms with E-state index in [1.54, 1.807) is 31.2 Å². The summed E-state index contributed by atoms with van der Waals surface area (Å²) in [4.78, 5) is 15.7. The Kier molecular flexibility index (Phi) is 3.97. The second-order valence-corrected chi connectivity index (χ2v) is 3.99. The van der Waals surface area contributed by atoms with Crippen molar-refractivity contribution in [1.82, 2.24) is 20.5 Å². The minimum atomic E-state index is -0.258. The number of nitrogens with zero attached hydrogens (tertiary/aromatic N) is 2. The molecule has 0 fully saturated rings. The quantitative estimate of drug-likeness (QED) is 0.685. The summed E-state index contributed by atoms with van der Waals surface area (Å²) in [6.07, 6.45) is 1.39. The van der Waals surface area contributed by atoms with Crippen LogP contribution in [0.4, 0.5) is 5.69 Å². The molecule has 0 bridgehead atoms. The van der Waals surface area contributed by atoms with Crippen LogP contribution in [0.2, 0.25) is 0 Å². The third kappa shape index (κ3) is 3.44. The van der Waals surface area contributed by atoms with Gasteiger partial charge in [0.1, 0.15) is 17.9 Å². The molecule has 1 aromatic carbocycles. The van der Waals surface area contributed by atoms with Crippen molar-refractivity contribution in [3.05, 3.63) is 36.4 Å². The number of anilines is 1. The van der Waals surface area contributed by atoms with Crippen LogP contribution in [0.5, 0.6) is 5.75 Å². The van der Waals surface area contributed by atoms with E-state index in [9.17, 15) is 4.79 Å². The van der Waals surface area contributed by atoms with Crippen molar-refractivity contribution in [1.29, 1.82) is 0 Å². The van der Waals surface area contributed by atoms with Crippen LogP contribution in [0.15, 0.2) is 30.6 Å². The van der Waals surface area contributed by atoms with Crippen LogP contribution in [0.3, 0.4) is 0 Å². The van der Waals surface area contributed by atoms with Crippen molar-refractivity contribution < 1.29 is 9.53 Å². The minimum Gasteiger partial charge on any atom is -0.482 e. The first-order chi connectivity index (χ1) is 9.16. The van der Waals surface area contributed by atoms with Crippen LogP contribution >= 0.6 is 0 Å². The fourth-order valence-electron chi connectivity index (χ4n) is 1.53. The van der Waals surface area contributed by atoms with E-state index >= 15 is 0 Å². The summed E-state index contributed by atoms with van der Waals surface area (Å²) in [6.45, 7) is 1.70. The van der Waals surface area contributed by atoms with Gasteiger partial charge in [-0.3, -0.25) is 9.89 Å². The largest absolute Gasteiger partial charge is 0.482 e. The number of aromatic nitrogens is 3. The van der Waals surface area contributed by atoms with Gasteiger partial charge in [-0.05, 0) is 19.1 Å². The monoisotopic (exact) mass is 261 g/mol. The van der Waals surface area contributed by atoms with Crippen molar-refractivity contribution >= 4 is 11.6 Å². The molecule has 7 heteroatoms. The number of nitrogens with one attached hydrogen (secondary N) is 2. The van der Waals surface area contributed by atoms with E-state index in [2.05, 4.69) is 20.5 Å². The molecule has 0 aliphatic carbocycles. The lowest BCUT2D eigenvalue weighted by Crippen LogP contribution is -2.31. The van der Waals surface area contributed by atoms with E-state index in [-0.39, 0.29) is 18.6 Å². The predicted molar refractivity (Wildman–Crippen MR) is 69.3 cm³/mol. The zero-order valence-corrected chi connectivity index (χ0v) is 10.5. The number of carbonyl (C=O) groups is 1. The first-order valence-corrected chi connectivity index (χ1v) is 5.78. The number of rotatable bonds is 5. The molecule has 0 radical (unpaired) electrons. The summed E-state index contributed by atoms with van der Waals surface area (Å²) in [5.74, 6) is 0.824. The van der Waals surface area contributed by atoms with Crippen LogP contribution in [-0.2, 0) is 4.79 Å². The van der Waals surface area contributed by atoms with Gasteiger partial charge in [-0.2, -0.15) is 5.10 Å². The highest BCUT2D eigenvalue weighted by molar-refractivity contribution is 5.78. The molecule has 0 spiro atoms. The van der Waals surface area contributed by atoms with E-state index in [0.717, 1.165) is 0 Å². The fourth-order valence-corrected chi connectivity index (χ4v) is 1.53. The van der Waals surface area contributed by atoms with Crippen molar-refractivity contribution in [2.24, 2.45) is 0 Å². The lowest BCUT2D eigenvalue weighted by Gasteiger charge is -2.12. The summed E-state index contributed by atoms with van der Waals surface area (Å²) in [6, 6.07) is 6.76. The highest BCUT2D eigenvalue weighted by atomic mass is 16.5. The zero-order valence-electron chi connectivity index (χ0n) is 10.5. The summed E-state index contributed by atoms with van der Waals surface area (Å²) in [7, 11) is 0. The Labute approximate surface area is 110 Å². The van der Waals surface area contributed by atoms with E-state index in [4.69, 9.17) is 10.5 Å². The van der Waals surface area contributed by atoms with Crippen molar-refractivity contribution in [3.63, 3.8) is 0 Å². The molecule has 0 saturated heterocycles. The van der Waals surface area contributed by atoms with Gasteiger partial charge < -0.3 is 15.8 Å². The average Bonchev–Trinajstić information content (AvgIpc) is 2.91. The lowest BCUT2D eigenvalue weighted by atomic mass is 10.3. The first kappa shape index (κ1) is 12.9. The molecule has 1 amide bonds. The molecule has 2 rings (SSSR count). The molecular weight excluding hydrogens is 246 g/mol. The lowest BCUT2D eigenvalue weighted by molar-refractivity contribution is -0.123. The number of nitrogens with two attached hydrogens (primary N) is 1. The summed E-state index contributed by atoms with van der Waals surface area (Å²) >= 11 is 0. The second kappa shape index (κ2) is 5.85. The van der Waals surface area contributed by atoms with Gasteiger partial charge in [-0.1, -0.05) is 12.1 Å². The van der Waals surface area contributed by atoms with Crippen molar-refractivity contribution in [3.8, 4) is 5.75 Å². The van der Waals surface area contributed by atoms with Gasteiger partial charge in [-0.15, -0.1) is 0 Å². The maximum absolute atomic E-state index is 11.7. The predicted octanol–water partition coefficient (Wildman–Crippen LogP) is 0.643. The average molecular weight is 261 g/mol. The molecule has 2 aromatic rings. The van der Waals surface area contributed by atoms with Gasteiger partial charge in [0, 0.05) is 0 Å². The number of H-pyrrole nitrogens is 1. The molecule has 0 aliphatic rings. The third-order valence-electron chi connectivity index (χ3n) is 2.50. The number of para-hydroxylation sites is 2. The maximum Gasteiger partial charge on any atom is 0.258 e. The van der Waals surface area contributed by atoms with E-state index in [1.807, 2.05) is 0 Å². The number of nitrogen functional groups attached to an aromatic ring is 1. The Morgan fingerprint density at radius 2 is 2.32 bits per heavy atom. The molecule has 7 nitrogen and oxygen atoms in total. The van der Waals surface area contributed by atoms with E-state index in [0.29, 0.717) is 17.3 Å². The molecule has 19 heavy (non-hydrogen) atoms. The third-order valence-corrected chi connectivity index (χ3v) is 2.50. The Morgan fingerprint density at radius 1 is 1.53 bits per heavy atom. The van der Waals surface area contributed by atoms with Crippen molar-refractivity contribution in [2.45, 2.75) is 13.0 Å². The molecule has 1 aromatic heterocycles. The smallest absolute Gasteiger partial charge is 0.258 e. The number of hydrogen-bond donors (Lipinski definition) is 3. The molecule has 1 heterocycles. The number of amides is 1. The zero-order chi connectivity index (χ0) is 13.7. The number of hydrogen-bond acceptors (Lipinski definition) is 5. The molecular formula is C12H15N5O2. The Balaban J connectivity index is 1.84.